The van der Waals surface area contributed by atoms with E-state index in [2.05, 4.69) is 48.4 Å². The van der Waals surface area contributed by atoms with Gasteiger partial charge in [-0.3, -0.25) is 5.43 Å². The van der Waals surface area contributed by atoms with Crippen LogP contribution in [-0.2, 0) is 15.4 Å². The summed E-state index contributed by atoms with van der Waals surface area (Å²) >= 11 is 1.44. The summed E-state index contributed by atoms with van der Waals surface area (Å²) in [4.78, 5) is 4.78. The van der Waals surface area contributed by atoms with E-state index in [1.54, 1.807) is 30.5 Å². The van der Waals surface area contributed by atoms with E-state index in [0.717, 1.165) is 16.8 Å². The number of hydrogen-bond acceptors (Lipinski definition) is 6. The zero-order chi connectivity index (χ0) is 21.9. The summed E-state index contributed by atoms with van der Waals surface area (Å²) in [7, 11) is -0.406. The monoisotopic (exact) mass is 442 g/mol. The van der Waals surface area contributed by atoms with E-state index in [0.29, 0.717) is 5.13 Å². The molecule has 0 aliphatic heterocycles. The van der Waals surface area contributed by atoms with Gasteiger partial charge >= 0.3 is 0 Å². The summed E-state index contributed by atoms with van der Waals surface area (Å²) in [6.45, 7) is 6.56. The van der Waals surface area contributed by atoms with E-state index in [1.807, 2.05) is 17.5 Å². The van der Waals surface area contributed by atoms with Crippen molar-refractivity contribution in [3.8, 4) is 11.3 Å². The van der Waals surface area contributed by atoms with Gasteiger partial charge in [-0.2, -0.15) is 5.10 Å². The molecule has 3 rings (SSSR count). The molecule has 0 saturated heterocycles. The van der Waals surface area contributed by atoms with Gasteiger partial charge in [0.15, 0.2) is 0 Å². The number of aromatic nitrogens is 1. The number of nitrogens with one attached hydrogen (secondary N) is 1. The minimum Gasteiger partial charge on any atom is -0.253 e. The number of hydrazone groups is 1. The van der Waals surface area contributed by atoms with Crippen LogP contribution in [0.1, 0.15) is 31.9 Å². The van der Waals surface area contributed by atoms with Crippen LogP contribution >= 0.6 is 11.3 Å². The molecule has 1 heterocycles. The van der Waals surface area contributed by atoms with Crippen molar-refractivity contribution in [2.75, 3.05) is 19.5 Å². The molecule has 0 radical (unpaired) electrons. The second-order valence-corrected chi connectivity index (χ2v) is 11.1. The maximum atomic E-state index is 12.2. The molecular weight excluding hydrogens is 416 g/mol. The van der Waals surface area contributed by atoms with E-state index >= 15 is 0 Å². The van der Waals surface area contributed by atoms with Crippen LogP contribution in [0.5, 0.6) is 0 Å². The fourth-order valence-electron chi connectivity index (χ4n) is 2.70. The van der Waals surface area contributed by atoms with Gasteiger partial charge in [0.25, 0.3) is 0 Å². The van der Waals surface area contributed by atoms with Crippen molar-refractivity contribution in [3.05, 3.63) is 65.0 Å². The lowest BCUT2D eigenvalue weighted by atomic mass is 9.87. The molecule has 6 nitrogen and oxygen atoms in total. The Kier molecular flexibility index (Phi) is 6.40. The molecule has 158 valence electrons. The molecule has 1 N–H and O–H groups in total. The van der Waals surface area contributed by atoms with Crippen molar-refractivity contribution >= 4 is 32.7 Å². The molecule has 1 aromatic heterocycles. The molecule has 3 aromatic rings. The Morgan fingerprint density at radius 2 is 1.67 bits per heavy atom. The summed E-state index contributed by atoms with van der Waals surface area (Å²) in [6, 6.07) is 15.0. The molecular formula is C22H26N4O2S2. The second-order valence-electron chi connectivity index (χ2n) is 8.09. The second kappa shape index (κ2) is 8.67. The van der Waals surface area contributed by atoms with E-state index in [9.17, 15) is 8.42 Å². The molecule has 0 spiro atoms. The minimum atomic E-state index is -3.44. The van der Waals surface area contributed by atoms with Gasteiger partial charge in [0.05, 0.1) is 16.8 Å². The molecule has 0 unspecified atom stereocenters. The largest absolute Gasteiger partial charge is 0.253 e. The number of anilines is 1. The van der Waals surface area contributed by atoms with Crippen LogP contribution in [0.25, 0.3) is 11.3 Å². The Morgan fingerprint density at radius 3 is 2.23 bits per heavy atom. The Morgan fingerprint density at radius 1 is 1.03 bits per heavy atom. The highest BCUT2D eigenvalue weighted by Crippen LogP contribution is 2.26. The van der Waals surface area contributed by atoms with Gasteiger partial charge in [-0.1, -0.05) is 57.2 Å². The Balaban J connectivity index is 1.66. The first-order valence-corrected chi connectivity index (χ1v) is 11.8. The zero-order valence-corrected chi connectivity index (χ0v) is 19.4. The highest BCUT2D eigenvalue weighted by Gasteiger charge is 2.17. The smallest absolute Gasteiger partial charge is 0.242 e. The minimum absolute atomic E-state index is 0.125. The molecule has 0 saturated carbocycles. The molecule has 30 heavy (non-hydrogen) atoms. The summed E-state index contributed by atoms with van der Waals surface area (Å²) in [5, 5.41) is 6.84. The van der Waals surface area contributed by atoms with Crippen molar-refractivity contribution in [3.63, 3.8) is 0 Å². The molecule has 2 aromatic carbocycles. The average molecular weight is 443 g/mol. The van der Waals surface area contributed by atoms with Crippen molar-refractivity contribution in [2.24, 2.45) is 5.10 Å². The quantitative estimate of drug-likeness (QED) is 0.439. The maximum Gasteiger partial charge on any atom is 0.242 e. The van der Waals surface area contributed by atoms with Gasteiger partial charge < -0.3 is 0 Å². The first-order chi connectivity index (χ1) is 14.1. The van der Waals surface area contributed by atoms with Crippen LogP contribution in [0.15, 0.2) is 63.9 Å². The summed E-state index contributed by atoms with van der Waals surface area (Å²) in [6.07, 6.45) is 1.76. The van der Waals surface area contributed by atoms with Gasteiger partial charge in [-0.25, -0.2) is 17.7 Å². The Labute approximate surface area is 182 Å². The van der Waals surface area contributed by atoms with Crippen LogP contribution < -0.4 is 5.43 Å². The Bertz CT molecular complexity index is 1130. The zero-order valence-electron chi connectivity index (χ0n) is 17.7. The average Bonchev–Trinajstić information content (AvgIpc) is 3.16. The van der Waals surface area contributed by atoms with Crippen LogP contribution in [0.4, 0.5) is 5.13 Å². The number of rotatable bonds is 6. The standard InChI is InChI=1S/C22H26N4O2S2/c1-22(2,3)18-10-6-16(7-11-18)14-23-25-21-24-20(15-29-21)17-8-12-19(13-9-17)30(27,28)26(4)5/h6-15H,1-5H3,(H,24,25)/b23-14+. The predicted molar refractivity (Wildman–Crippen MR) is 125 cm³/mol. The van der Waals surface area contributed by atoms with Crippen LogP contribution in [0.2, 0.25) is 0 Å². The topological polar surface area (TPSA) is 74.7 Å². The number of sulfonamides is 1. The lowest BCUT2D eigenvalue weighted by Gasteiger charge is -2.18. The fourth-order valence-corrected chi connectivity index (χ4v) is 4.27. The highest BCUT2D eigenvalue weighted by molar-refractivity contribution is 7.89. The number of thiazole rings is 1. The van der Waals surface area contributed by atoms with Gasteiger partial charge in [0.1, 0.15) is 0 Å². The maximum absolute atomic E-state index is 12.2. The molecule has 8 heteroatoms. The number of hydrogen-bond donors (Lipinski definition) is 1. The summed E-state index contributed by atoms with van der Waals surface area (Å²) in [5.74, 6) is 0. The van der Waals surface area contributed by atoms with Gasteiger partial charge in [0, 0.05) is 25.0 Å². The molecule has 0 aliphatic rings. The van der Waals surface area contributed by atoms with Gasteiger partial charge in [-0.05, 0) is 28.7 Å². The van der Waals surface area contributed by atoms with E-state index < -0.39 is 10.0 Å². The lowest BCUT2D eigenvalue weighted by Crippen LogP contribution is -2.22. The summed E-state index contributed by atoms with van der Waals surface area (Å²) < 4.78 is 25.5. The van der Waals surface area contributed by atoms with Crippen LogP contribution in [0.3, 0.4) is 0 Å². The normalized spacial score (nSPS) is 12.6. The predicted octanol–water partition coefficient (Wildman–Crippen LogP) is 4.80. The van der Waals surface area contributed by atoms with Gasteiger partial charge in [-0.15, -0.1) is 11.3 Å². The third-order valence-corrected chi connectivity index (χ3v) is 7.16. The SMILES string of the molecule is CN(C)S(=O)(=O)c1ccc(-c2csc(N/N=C/c3ccc(C(C)(C)C)cc3)n2)cc1. The first kappa shape index (κ1) is 22.1. The molecule has 0 bridgehead atoms. The lowest BCUT2D eigenvalue weighted by molar-refractivity contribution is 0.521. The van der Waals surface area contributed by atoms with Gasteiger partial charge in [0.2, 0.25) is 15.2 Å². The van der Waals surface area contributed by atoms with Crippen molar-refractivity contribution in [2.45, 2.75) is 31.1 Å². The van der Waals surface area contributed by atoms with E-state index in [4.69, 9.17) is 0 Å². The van der Waals surface area contributed by atoms with Crippen molar-refractivity contribution < 1.29 is 8.42 Å². The molecule has 0 fully saturated rings. The third-order valence-electron chi connectivity index (χ3n) is 4.58. The van der Waals surface area contributed by atoms with Crippen LogP contribution in [-0.4, -0.2) is 38.0 Å². The van der Waals surface area contributed by atoms with Crippen molar-refractivity contribution in [1.29, 1.82) is 0 Å². The third kappa shape index (κ3) is 5.13. The molecule has 0 aliphatic carbocycles. The highest BCUT2D eigenvalue weighted by atomic mass is 32.2. The molecule has 0 atom stereocenters. The van der Waals surface area contributed by atoms with E-state index in [-0.39, 0.29) is 10.3 Å². The fraction of sp³-hybridized carbons (Fsp3) is 0.273. The Hall–Kier alpha value is -2.55. The van der Waals surface area contributed by atoms with Crippen LogP contribution in [0, 0.1) is 0 Å². The number of nitrogens with zero attached hydrogens (tertiary/aromatic N) is 3. The summed E-state index contributed by atoms with van der Waals surface area (Å²) in [5.41, 5.74) is 6.97. The number of benzene rings is 2. The first-order valence-electron chi connectivity index (χ1n) is 9.45. The molecule has 0 amide bonds. The van der Waals surface area contributed by atoms with Crippen molar-refractivity contribution in [1.82, 2.24) is 9.29 Å². The van der Waals surface area contributed by atoms with E-state index in [1.165, 1.54) is 35.3 Å².